The van der Waals surface area contributed by atoms with Crippen molar-refractivity contribution < 1.29 is 19.2 Å². The molecule has 100 heavy (non-hydrogen) atoms. The Labute approximate surface area is 609 Å². The molecule has 512 valence electrons. The third-order valence-electron chi connectivity index (χ3n) is 18.5. The van der Waals surface area contributed by atoms with Crippen LogP contribution in [-0.4, -0.2) is 112 Å². The Balaban J connectivity index is 0.000000119. The molecule has 4 amide bonds. The van der Waals surface area contributed by atoms with Crippen LogP contribution in [0.15, 0.2) is 121 Å². The first kappa shape index (κ1) is 70.4. The Morgan fingerprint density at radius 3 is 0.850 bits per heavy atom. The predicted octanol–water partition coefficient (Wildman–Crippen LogP) is 15.2. The van der Waals surface area contributed by atoms with E-state index in [1.54, 1.807) is 45.3 Å². The van der Waals surface area contributed by atoms with Gasteiger partial charge in [-0.15, -0.1) is 65.7 Å². The quantitative estimate of drug-likeness (QED) is 0.0601. The van der Waals surface area contributed by atoms with Gasteiger partial charge in [-0.05, 0) is 184 Å². The molecule has 0 bridgehead atoms. The Morgan fingerprint density at radius 2 is 0.630 bits per heavy atom. The molecule has 4 aromatic carbocycles. The van der Waals surface area contributed by atoms with Gasteiger partial charge in [0.15, 0.2) is 22.8 Å². The number of hydrogen-bond acceptors (Lipinski definition) is 20. The molecule has 0 radical (unpaired) electrons. The number of rotatable bonds is 16. The summed E-state index contributed by atoms with van der Waals surface area (Å²) in [6.45, 7) is 9.35. The highest BCUT2D eigenvalue weighted by molar-refractivity contribution is 7.99. The van der Waals surface area contributed by atoms with Crippen LogP contribution in [0.3, 0.4) is 0 Å². The fraction of sp³-hybridized carbons (Fsp3) is 0.316. The monoisotopic (exact) mass is 1460 g/mol. The Bertz CT molecular complexity index is 4330. The minimum atomic E-state index is -0.527. The van der Waals surface area contributed by atoms with Gasteiger partial charge in [-0.1, -0.05) is 119 Å². The van der Waals surface area contributed by atoms with Gasteiger partial charge in [0.2, 0.25) is 0 Å². The molecule has 0 saturated carbocycles. The van der Waals surface area contributed by atoms with Gasteiger partial charge in [-0.3, -0.25) is 19.2 Å². The molecule has 17 nitrogen and oxygen atoms in total. The van der Waals surface area contributed by atoms with Crippen LogP contribution >= 0.6 is 80.6 Å². The van der Waals surface area contributed by atoms with Crippen LogP contribution in [0.4, 0.5) is 0 Å². The summed E-state index contributed by atoms with van der Waals surface area (Å²) >= 11 is 12.3. The summed E-state index contributed by atoms with van der Waals surface area (Å²) in [6, 6.07) is 42.6. The minimum absolute atomic E-state index is 0.265. The highest BCUT2D eigenvalue weighted by Gasteiger charge is 2.27. The summed E-state index contributed by atoms with van der Waals surface area (Å²) in [5.74, 6) is 7.05. The van der Waals surface area contributed by atoms with Crippen molar-refractivity contribution in [2.45, 2.75) is 91.5 Å². The molecule has 4 saturated heterocycles. The number of thiophene rings is 4. The number of nitrogens with two attached hydrogens (primary N) is 4. The zero-order valence-electron chi connectivity index (χ0n) is 56.0. The summed E-state index contributed by atoms with van der Waals surface area (Å²) in [4.78, 5) is 51.6. The number of thioether (sulfide) groups is 3. The Hall–Kier alpha value is -8.07. The van der Waals surface area contributed by atoms with Gasteiger partial charge in [-0.2, -0.15) is 55.7 Å². The van der Waals surface area contributed by atoms with Gasteiger partial charge in [0.1, 0.15) is 0 Å². The van der Waals surface area contributed by atoms with Crippen molar-refractivity contribution in [1.82, 2.24) is 46.1 Å². The maximum absolute atomic E-state index is 11.8. The summed E-state index contributed by atoms with van der Waals surface area (Å²) in [5.41, 5.74) is 36.6. The second-order valence-electron chi connectivity index (χ2n) is 26.1. The van der Waals surface area contributed by atoms with Crippen LogP contribution in [0.2, 0.25) is 0 Å². The van der Waals surface area contributed by atoms with Gasteiger partial charge >= 0.3 is 0 Å². The van der Waals surface area contributed by atoms with Gasteiger partial charge in [0.05, 0.1) is 41.6 Å². The molecule has 12 aromatic rings. The van der Waals surface area contributed by atoms with Crippen molar-refractivity contribution in [1.29, 1.82) is 0 Å². The van der Waals surface area contributed by atoms with E-state index in [4.69, 9.17) is 22.9 Å². The van der Waals surface area contributed by atoms with E-state index in [2.05, 4.69) is 195 Å². The summed E-state index contributed by atoms with van der Waals surface area (Å²) in [7, 11) is 0. The predicted molar refractivity (Wildman–Crippen MR) is 417 cm³/mol. The van der Waals surface area contributed by atoms with E-state index in [9.17, 15) is 19.2 Å². The number of benzene rings is 4. The molecule has 4 aliphatic heterocycles. The Kier molecular flexibility index (Phi) is 22.4. The maximum Gasteiger partial charge on any atom is 0.270 e. The molecular weight excluding hydrogens is 1380 g/mol. The number of nitrogens with zero attached hydrogens (tertiary/aromatic N) is 8. The molecule has 0 aliphatic carbocycles. The lowest BCUT2D eigenvalue weighted by Gasteiger charge is -2.10. The fourth-order valence-electron chi connectivity index (χ4n) is 12.9. The van der Waals surface area contributed by atoms with Crippen molar-refractivity contribution >= 4 is 145 Å². The molecule has 8 aromatic heterocycles. The number of fused-ring (bicyclic) bond motifs is 4. The highest BCUT2D eigenvalue weighted by Crippen LogP contribution is 2.42. The standard InChI is InChI=1S/C19H20N4OS.3C19H19N3OS2/c1-11-4-6-12(7-5-11)16-10-14-15(9-13-3-2-8-21-13)22-23-17(19(20)24)18(14)25-16;3*1-11-2-4-13(5-3-11)16-9-14-15(8-12-6-7-24-10-12)21-22-17(19(20)23)18(14)25-16/h4-7,10,13,21H,2-3,8-9H2,1H3,(H2,20,24);3*2-5,9,12H,6-8,10H2,1H3,(H2,20,23). The van der Waals surface area contributed by atoms with E-state index < -0.39 is 23.6 Å². The number of hydrogen-bond donors (Lipinski definition) is 5. The van der Waals surface area contributed by atoms with Crippen molar-refractivity contribution in [2.75, 3.05) is 41.1 Å². The lowest BCUT2D eigenvalue weighted by Crippen LogP contribution is -2.24. The average molecular weight is 1460 g/mol. The van der Waals surface area contributed by atoms with Crippen LogP contribution in [0.1, 0.15) is 119 Å². The molecule has 4 atom stereocenters. The van der Waals surface area contributed by atoms with Crippen LogP contribution < -0.4 is 28.3 Å². The van der Waals surface area contributed by atoms with E-state index in [0.717, 1.165) is 144 Å². The molecule has 4 aliphatic rings. The van der Waals surface area contributed by atoms with Gasteiger partial charge < -0.3 is 28.3 Å². The third kappa shape index (κ3) is 16.5. The van der Waals surface area contributed by atoms with E-state index in [-0.39, 0.29) is 22.8 Å². The SMILES string of the molecule is Cc1ccc(-c2cc3c(CC4CCCN4)nnc(C(N)=O)c3s2)cc1.Cc1ccc(-c2cc3c(CC4CCSC4)nnc(C(N)=O)c3s2)cc1.Cc1ccc(-c2cc3c(CC4CCSC4)nnc(C(N)=O)c3s2)cc1.Cc1ccc(-c2cc3c(CC4CCSC4)nnc(C(N)=O)c3s2)cc1. The normalized spacial score (nSPS) is 17.2. The third-order valence-corrected chi connectivity index (χ3v) is 27.0. The Morgan fingerprint density at radius 1 is 0.370 bits per heavy atom. The van der Waals surface area contributed by atoms with Crippen molar-refractivity contribution in [3.8, 4) is 41.8 Å². The van der Waals surface area contributed by atoms with Gasteiger partial charge in [0, 0.05) is 53.5 Å². The zero-order valence-corrected chi connectivity index (χ0v) is 61.8. The van der Waals surface area contributed by atoms with Crippen LogP contribution in [0.25, 0.3) is 82.1 Å². The second-order valence-corrected chi connectivity index (χ2v) is 33.8. The largest absolute Gasteiger partial charge is 0.364 e. The number of carbonyl (C=O) groups is 4. The van der Waals surface area contributed by atoms with Crippen LogP contribution in [0.5, 0.6) is 0 Å². The maximum atomic E-state index is 11.8. The molecule has 0 spiro atoms. The number of carbonyl (C=O) groups excluding carboxylic acids is 4. The number of nitrogens with one attached hydrogen (secondary N) is 1. The molecular formula is C76H77N13O4S7. The zero-order chi connectivity index (χ0) is 69.6. The van der Waals surface area contributed by atoms with E-state index in [0.29, 0.717) is 23.8 Å². The van der Waals surface area contributed by atoms with Crippen molar-refractivity contribution in [2.24, 2.45) is 40.7 Å². The summed E-state index contributed by atoms with van der Waals surface area (Å²) < 4.78 is 3.42. The van der Waals surface area contributed by atoms with Crippen LogP contribution in [-0.2, 0) is 25.7 Å². The molecule has 4 fully saturated rings. The smallest absolute Gasteiger partial charge is 0.270 e. The van der Waals surface area contributed by atoms with Gasteiger partial charge in [0.25, 0.3) is 23.6 Å². The lowest BCUT2D eigenvalue weighted by molar-refractivity contribution is 0.0988. The summed E-state index contributed by atoms with van der Waals surface area (Å²) in [5, 5.41) is 41.6. The summed E-state index contributed by atoms with van der Waals surface area (Å²) in [6.07, 6.45) is 9.58. The molecule has 12 heterocycles. The minimum Gasteiger partial charge on any atom is -0.364 e. The topological polar surface area (TPSA) is 288 Å². The van der Waals surface area contributed by atoms with E-state index >= 15 is 0 Å². The molecule has 9 N–H and O–H groups in total. The lowest BCUT2D eigenvalue weighted by atomic mass is 10.0. The average Bonchev–Trinajstić information content (AvgIpc) is 1.65. The highest BCUT2D eigenvalue weighted by atomic mass is 32.2. The molecule has 4 unspecified atom stereocenters. The first-order valence-corrected chi connectivity index (χ1v) is 40.3. The fourth-order valence-corrected chi connectivity index (χ4v) is 21.4. The van der Waals surface area contributed by atoms with E-state index in [1.807, 2.05) is 35.3 Å². The van der Waals surface area contributed by atoms with Crippen molar-refractivity contribution in [3.05, 3.63) is 189 Å². The van der Waals surface area contributed by atoms with E-state index in [1.165, 1.54) is 82.5 Å². The van der Waals surface area contributed by atoms with Crippen LogP contribution in [0, 0.1) is 45.4 Å². The number of primary amides is 4. The number of aromatic nitrogens is 8. The molecule has 24 heteroatoms. The van der Waals surface area contributed by atoms with Crippen molar-refractivity contribution in [3.63, 3.8) is 0 Å². The number of aryl methyl sites for hydroxylation is 4. The number of amides is 4. The second kappa shape index (κ2) is 31.9. The molecule has 16 rings (SSSR count). The first-order chi connectivity index (χ1) is 48.5. The van der Waals surface area contributed by atoms with Gasteiger partial charge in [-0.25, -0.2) is 0 Å². The first-order valence-electron chi connectivity index (χ1n) is 33.6.